The zero-order valence-electron chi connectivity index (χ0n) is 13.6. The van der Waals surface area contributed by atoms with Crippen molar-refractivity contribution < 1.29 is 22.4 Å². The molecule has 1 saturated carbocycles. The Morgan fingerprint density at radius 1 is 1.35 bits per heavy atom. The Labute approximate surface area is 152 Å². The Hall–Kier alpha value is -2.09. The van der Waals surface area contributed by atoms with Gasteiger partial charge in [-0.3, -0.25) is 9.48 Å². The van der Waals surface area contributed by atoms with Crippen molar-refractivity contribution in [3.8, 4) is 0 Å². The first-order valence-corrected chi connectivity index (χ1v) is 8.52. The van der Waals surface area contributed by atoms with Crippen LogP contribution in [0.3, 0.4) is 0 Å². The number of hydrogen-bond donors (Lipinski definition) is 1. The van der Waals surface area contributed by atoms with Gasteiger partial charge in [0.25, 0.3) is 5.91 Å². The van der Waals surface area contributed by atoms with Crippen molar-refractivity contribution in [3.05, 3.63) is 52.1 Å². The van der Waals surface area contributed by atoms with Gasteiger partial charge in [0, 0.05) is 24.6 Å². The van der Waals surface area contributed by atoms with E-state index >= 15 is 0 Å². The lowest BCUT2D eigenvalue weighted by molar-refractivity contribution is -0.141. The van der Waals surface area contributed by atoms with Crippen molar-refractivity contribution in [3.63, 3.8) is 0 Å². The van der Waals surface area contributed by atoms with Crippen molar-refractivity contribution in [2.24, 2.45) is 0 Å². The van der Waals surface area contributed by atoms with Crippen LogP contribution in [-0.4, -0.2) is 22.2 Å². The highest BCUT2D eigenvalue weighted by molar-refractivity contribution is 6.32. The summed E-state index contributed by atoms with van der Waals surface area (Å²) in [6.45, 7) is 0.420. The molecule has 4 nitrogen and oxygen atoms in total. The Balaban J connectivity index is 1.60. The largest absolute Gasteiger partial charge is 0.436 e. The Bertz CT molecular complexity index is 815. The van der Waals surface area contributed by atoms with Crippen LogP contribution in [0.25, 0.3) is 0 Å². The van der Waals surface area contributed by atoms with E-state index in [9.17, 15) is 22.4 Å². The summed E-state index contributed by atoms with van der Waals surface area (Å²) in [6.07, 6.45) is -2.65. The Kier molecular flexibility index (Phi) is 5.22. The molecule has 3 rings (SSSR count). The summed E-state index contributed by atoms with van der Waals surface area (Å²) in [7, 11) is 0. The van der Waals surface area contributed by atoms with Gasteiger partial charge in [-0.1, -0.05) is 17.7 Å². The van der Waals surface area contributed by atoms with Gasteiger partial charge >= 0.3 is 6.18 Å². The van der Waals surface area contributed by atoms with Crippen LogP contribution < -0.4 is 5.32 Å². The van der Waals surface area contributed by atoms with E-state index in [1.165, 1.54) is 22.9 Å². The van der Waals surface area contributed by atoms with Crippen molar-refractivity contribution in [1.29, 1.82) is 0 Å². The standard InChI is InChI=1S/C17H16ClF4N3O/c18-13-14(10-5-6-10)25(24-15(13)17(20,21)22)8-2-7-23-16(26)11-3-1-4-12(19)9-11/h1,3-4,9-10H,2,5-8H2,(H,23,26). The number of carbonyl (C=O) groups excluding carboxylic acids is 1. The van der Waals surface area contributed by atoms with Gasteiger partial charge in [-0.25, -0.2) is 4.39 Å². The number of benzene rings is 1. The van der Waals surface area contributed by atoms with E-state index in [4.69, 9.17) is 11.6 Å². The van der Waals surface area contributed by atoms with Crippen LogP contribution in [0, 0.1) is 5.82 Å². The Morgan fingerprint density at radius 2 is 2.08 bits per heavy atom. The van der Waals surface area contributed by atoms with Gasteiger partial charge in [0.1, 0.15) is 5.82 Å². The molecule has 1 heterocycles. The average Bonchev–Trinajstić information content (AvgIpc) is 3.34. The summed E-state index contributed by atoms with van der Waals surface area (Å²) >= 11 is 5.90. The molecule has 1 aliphatic rings. The molecule has 0 atom stereocenters. The molecule has 26 heavy (non-hydrogen) atoms. The summed E-state index contributed by atoms with van der Waals surface area (Å²) in [5, 5.41) is 5.91. The molecule has 0 bridgehead atoms. The SMILES string of the molecule is O=C(NCCCn1nc(C(F)(F)F)c(Cl)c1C1CC1)c1cccc(F)c1. The minimum absolute atomic E-state index is 0.00739. The molecule has 0 unspecified atom stereocenters. The van der Waals surface area contributed by atoms with Gasteiger partial charge in [0.05, 0.1) is 10.7 Å². The number of halogens is 5. The number of rotatable bonds is 6. The van der Waals surface area contributed by atoms with Crippen LogP contribution in [0.4, 0.5) is 17.6 Å². The predicted molar refractivity (Wildman–Crippen MR) is 87.6 cm³/mol. The van der Waals surface area contributed by atoms with Crippen LogP contribution in [-0.2, 0) is 12.7 Å². The highest BCUT2D eigenvalue weighted by atomic mass is 35.5. The molecule has 1 aromatic heterocycles. The molecule has 0 saturated heterocycles. The fourth-order valence-electron chi connectivity index (χ4n) is 2.71. The van der Waals surface area contributed by atoms with Crippen molar-refractivity contribution >= 4 is 17.5 Å². The first-order valence-electron chi connectivity index (χ1n) is 8.14. The predicted octanol–water partition coefficient (Wildman–Crippen LogP) is 4.39. The smallest absolute Gasteiger partial charge is 0.352 e. The second-order valence-corrected chi connectivity index (χ2v) is 6.54. The normalized spacial score (nSPS) is 14.5. The second-order valence-electron chi connectivity index (χ2n) is 6.16. The van der Waals surface area contributed by atoms with Gasteiger partial charge in [0.15, 0.2) is 5.69 Å². The van der Waals surface area contributed by atoms with E-state index in [-0.39, 0.29) is 29.6 Å². The summed E-state index contributed by atoms with van der Waals surface area (Å²) in [6, 6.07) is 5.25. The number of alkyl halides is 3. The lowest BCUT2D eigenvalue weighted by Crippen LogP contribution is -2.25. The molecule has 1 aliphatic carbocycles. The van der Waals surface area contributed by atoms with Crippen LogP contribution in [0.2, 0.25) is 5.02 Å². The number of carbonyl (C=O) groups is 1. The van der Waals surface area contributed by atoms with Gasteiger partial charge in [-0.2, -0.15) is 18.3 Å². The zero-order chi connectivity index (χ0) is 18.9. The molecule has 1 amide bonds. The summed E-state index contributed by atoms with van der Waals surface area (Å²) in [5.74, 6) is -0.952. The van der Waals surface area contributed by atoms with Gasteiger partial charge in [0.2, 0.25) is 0 Å². The summed E-state index contributed by atoms with van der Waals surface area (Å²) in [5.41, 5.74) is -0.467. The quantitative estimate of drug-likeness (QED) is 0.588. The average molecular weight is 390 g/mol. The first kappa shape index (κ1) is 18.7. The monoisotopic (exact) mass is 389 g/mol. The minimum Gasteiger partial charge on any atom is -0.352 e. The highest BCUT2D eigenvalue weighted by Gasteiger charge is 2.41. The third-order valence-corrected chi connectivity index (χ3v) is 4.46. The van der Waals surface area contributed by atoms with Crippen molar-refractivity contribution in [2.45, 2.75) is 37.9 Å². The maximum Gasteiger partial charge on any atom is 0.436 e. The van der Waals surface area contributed by atoms with E-state index in [2.05, 4.69) is 10.4 Å². The number of nitrogens with one attached hydrogen (secondary N) is 1. The third-order valence-electron chi connectivity index (χ3n) is 4.08. The molecule has 1 fully saturated rings. The van der Waals surface area contributed by atoms with Crippen LogP contribution in [0.5, 0.6) is 0 Å². The van der Waals surface area contributed by atoms with E-state index in [1.54, 1.807) is 0 Å². The van der Waals surface area contributed by atoms with E-state index < -0.39 is 23.6 Å². The maximum absolute atomic E-state index is 13.1. The number of nitrogens with zero attached hydrogens (tertiary/aromatic N) is 2. The highest BCUT2D eigenvalue weighted by Crippen LogP contribution is 2.46. The minimum atomic E-state index is -4.60. The topological polar surface area (TPSA) is 46.9 Å². The summed E-state index contributed by atoms with van der Waals surface area (Å²) < 4.78 is 53.4. The molecular weight excluding hydrogens is 374 g/mol. The van der Waals surface area contributed by atoms with Crippen LogP contribution in [0.15, 0.2) is 24.3 Å². The fourth-order valence-corrected chi connectivity index (χ4v) is 3.11. The molecule has 140 valence electrons. The lowest BCUT2D eigenvalue weighted by Gasteiger charge is -2.08. The maximum atomic E-state index is 13.1. The van der Waals surface area contributed by atoms with E-state index in [0.717, 1.165) is 18.9 Å². The lowest BCUT2D eigenvalue weighted by atomic mass is 10.2. The second kappa shape index (κ2) is 7.26. The molecule has 1 aromatic carbocycles. The van der Waals surface area contributed by atoms with Crippen molar-refractivity contribution in [1.82, 2.24) is 15.1 Å². The van der Waals surface area contributed by atoms with Crippen LogP contribution in [0.1, 0.15) is 46.9 Å². The number of aromatic nitrogens is 2. The number of amides is 1. The Morgan fingerprint density at radius 3 is 2.69 bits per heavy atom. The molecule has 2 aromatic rings. The molecular formula is C17H16ClF4N3O. The number of aryl methyl sites for hydroxylation is 1. The van der Waals surface area contributed by atoms with Gasteiger partial charge in [-0.15, -0.1) is 0 Å². The summed E-state index contributed by atoms with van der Waals surface area (Å²) in [4.78, 5) is 11.9. The molecule has 1 N–H and O–H groups in total. The molecule has 0 aliphatic heterocycles. The van der Waals surface area contributed by atoms with Crippen LogP contribution >= 0.6 is 11.6 Å². The van der Waals surface area contributed by atoms with E-state index in [0.29, 0.717) is 12.1 Å². The zero-order valence-corrected chi connectivity index (χ0v) is 14.4. The third kappa shape index (κ3) is 4.17. The van der Waals surface area contributed by atoms with Crippen molar-refractivity contribution in [2.75, 3.05) is 6.54 Å². The fraction of sp³-hybridized carbons (Fsp3) is 0.412. The van der Waals surface area contributed by atoms with Gasteiger partial charge in [-0.05, 0) is 37.5 Å². The number of hydrogen-bond acceptors (Lipinski definition) is 2. The molecule has 9 heteroatoms. The van der Waals surface area contributed by atoms with Gasteiger partial charge < -0.3 is 5.32 Å². The van der Waals surface area contributed by atoms with E-state index in [1.807, 2.05) is 0 Å². The molecule has 0 radical (unpaired) electrons. The first-order chi connectivity index (χ1) is 12.3. The molecule has 0 spiro atoms.